The van der Waals surface area contributed by atoms with E-state index >= 15 is 0 Å². The minimum Gasteiger partial charge on any atom is -0.493 e. The van der Waals surface area contributed by atoms with Crippen molar-refractivity contribution in [3.8, 4) is 17.2 Å². The number of nitrogens with zero attached hydrogens (tertiary/aromatic N) is 1. The van der Waals surface area contributed by atoms with Crippen LogP contribution in [0.1, 0.15) is 33.3 Å². The van der Waals surface area contributed by atoms with E-state index < -0.39 is 18.1 Å². The van der Waals surface area contributed by atoms with Gasteiger partial charge in [-0.2, -0.15) is 0 Å². The van der Waals surface area contributed by atoms with Gasteiger partial charge < -0.3 is 33.3 Å². The van der Waals surface area contributed by atoms with Crippen molar-refractivity contribution in [2.45, 2.75) is 19.5 Å². The van der Waals surface area contributed by atoms with Gasteiger partial charge in [-0.3, -0.25) is 4.79 Å². The maximum absolute atomic E-state index is 14.3. The van der Waals surface area contributed by atoms with Crippen LogP contribution < -0.4 is 14.2 Å². The molecule has 1 unspecified atom stereocenters. The van der Waals surface area contributed by atoms with Crippen molar-refractivity contribution in [3.05, 3.63) is 88.7 Å². The summed E-state index contributed by atoms with van der Waals surface area (Å²) < 4.78 is 47.8. The van der Waals surface area contributed by atoms with Gasteiger partial charge >= 0.3 is 5.97 Å². The topological polar surface area (TPSA) is 92.8 Å². The Labute approximate surface area is 224 Å². The van der Waals surface area contributed by atoms with Crippen LogP contribution in [0.25, 0.3) is 0 Å². The SMILES string of the molecule is COc1cc(C(=O)OCc2cc(F)cc3c2OC(c2ccccc2)OC3)ccc1OCC(=O)N1CCOCC1. The van der Waals surface area contributed by atoms with Crippen LogP contribution in [0.4, 0.5) is 4.39 Å². The minimum absolute atomic E-state index is 0.153. The van der Waals surface area contributed by atoms with Crippen molar-refractivity contribution in [1.29, 1.82) is 0 Å². The van der Waals surface area contributed by atoms with E-state index in [9.17, 15) is 14.0 Å². The summed E-state index contributed by atoms with van der Waals surface area (Å²) in [5.74, 6) is -0.280. The summed E-state index contributed by atoms with van der Waals surface area (Å²) >= 11 is 0. The summed E-state index contributed by atoms with van der Waals surface area (Å²) in [4.78, 5) is 26.9. The maximum atomic E-state index is 14.3. The smallest absolute Gasteiger partial charge is 0.338 e. The predicted octanol–water partition coefficient (Wildman–Crippen LogP) is 4.04. The lowest BCUT2D eigenvalue weighted by Crippen LogP contribution is -2.43. The number of morpholine rings is 1. The van der Waals surface area contributed by atoms with Gasteiger partial charge in [0.05, 0.1) is 32.5 Å². The van der Waals surface area contributed by atoms with E-state index in [2.05, 4.69) is 0 Å². The zero-order valence-electron chi connectivity index (χ0n) is 21.4. The molecular formula is C29H28FNO8. The molecule has 3 aromatic carbocycles. The Morgan fingerprint density at radius 1 is 1.03 bits per heavy atom. The molecule has 0 aliphatic carbocycles. The third-order valence-electron chi connectivity index (χ3n) is 6.37. The molecular weight excluding hydrogens is 509 g/mol. The number of methoxy groups -OCH3 is 1. The second-order valence-electron chi connectivity index (χ2n) is 8.95. The highest BCUT2D eigenvalue weighted by molar-refractivity contribution is 5.90. The normalized spacial score (nSPS) is 16.6. The first-order valence-corrected chi connectivity index (χ1v) is 12.5. The first-order chi connectivity index (χ1) is 19.0. The molecule has 1 fully saturated rings. The minimum atomic E-state index is -0.662. The average molecular weight is 538 g/mol. The summed E-state index contributed by atoms with van der Waals surface area (Å²) in [6.07, 6.45) is -0.662. The third kappa shape index (κ3) is 6.30. The second-order valence-corrected chi connectivity index (χ2v) is 8.95. The third-order valence-corrected chi connectivity index (χ3v) is 6.37. The van der Waals surface area contributed by atoms with E-state index in [4.69, 9.17) is 28.4 Å². The van der Waals surface area contributed by atoms with Crippen molar-refractivity contribution in [2.24, 2.45) is 0 Å². The van der Waals surface area contributed by atoms with Crippen molar-refractivity contribution < 1.29 is 42.4 Å². The Morgan fingerprint density at radius 3 is 2.59 bits per heavy atom. The van der Waals surface area contributed by atoms with Crippen molar-refractivity contribution in [2.75, 3.05) is 40.0 Å². The molecule has 204 valence electrons. The number of benzene rings is 3. The van der Waals surface area contributed by atoms with Crippen molar-refractivity contribution in [1.82, 2.24) is 4.90 Å². The van der Waals surface area contributed by atoms with Crippen LogP contribution in [0, 0.1) is 5.82 Å². The zero-order chi connectivity index (χ0) is 27.2. The molecule has 1 saturated heterocycles. The standard InChI is InChI=1S/C29H28FNO8/c1-34-25-15-20(7-8-24(25)36-18-26(32)31-9-11-35-12-10-31)28(33)37-16-21-13-23(30)14-22-17-38-29(39-27(21)22)19-5-3-2-4-6-19/h2-8,13-15,29H,9-12,16-18H2,1H3. The van der Waals surface area contributed by atoms with Gasteiger partial charge in [0.25, 0.3) is 5.91 Å². The van der Waals surface area contributed by atoms with Gasteiger partial charge in [-0.05, 0) is 30.3 Å². The average Bonchev–Trinajstić information content (AvgIpc) is 2.99. The van der Waals surface area contributed by atoms with E-state index in [-0.39, 0.29) is 37.0 Å². The molecule has 0 spiro atoms. The molecule has 0 N–H and O–H groups in total. The van der Waals surface area contributed by atoms with Gasteiger partial charge in [0, 0.05) is 29.8 Å². The number of hydrogen-bond acceptors (Lipinski definition) is 8. The van der Waals surface area contributed by atoms with Gasteiger partial charge in [-0.25, -0.2) is 9.18 Å². The van der Waals surface area contributed by atoms with Crippen LogP contribution in [-0.4, -0.2) is 56.8 Å². The fourth-order valence-corrected chi connectivity index (χ4v) is 4.34. The van der Waals surface area contributed by atoms with Crippen LogP contribution in [0.3, 0.4) is 0 Å². The van der Waals surface area contributed by atoms with Crippen LogP contribution in [0.2, 0.25) is 0 Å². The molecule has 2 heterocycles. The summed E-state index contributed by atoms with van der Waals surface area (Å²) in [6, 6.07) is 16.5. The lowest BCUT2D eigenvalue weighted by Gasteiger charge is -2.28. The number of rotatable bonds is 8. The molecule has 1 atom stereocenters. The molecule has 10 heteroatoms. The number of fused-ring (bicyclic) bond motifs is 1. The molecule has 3 aromatic rings. The van der Waals surface area contributed by atoms with E-state index in [0.29, 0.717) is 48.9 Å². The van der Waals surface area contributed by atoms with Crippen molar-refractivity contribution >= 4 is 11.9 Å². The van der Waals surface area contributed by atoms with Crippen LogP contribution >= 0.6 is 0 Å². The maximum Gasteiger partial charge on any atom is 0.338 e. The fourth-order valence-electron chi connectivity index (χ4n) is 4.34. The fraction of sp³-hybridized carbons (Fsp3) is 0.310. The number of halogens is 1. The van der Waals surface area contributed by atoms with Crippen LogP contribution in [0.15, 0.2) is 60.7 Å². The molecule has 39 heavy (non-hydrogen) atoms. The van der Waals surface area contributed by atoms with Crippen molar-refractivity contribution in [3.63, 3.8) is 0 Å². The highest BCUT2D eigenvalue weighted by Crippen LogP contribution is 2.37. The Kier molecular flexibility index (Phi) is 8.24. The number of esters is 1. The Balaban J connectivity index is 1.24. The zero-order valence-corrected chi connectivity index (χ0v) is 21.4. The van der Waals surface area contributed by atoms with Gasteiger partial charge in [0.1, 0.15) is 18.2 Å². The number of amides is 1. The first kappa shape index (κ1) is 26.5. The molecule has 0 bridgehead atoms. The van der Waals surface area contributed by atoms with Crippen LogP contribution in [-0.2, 0) is 32.2 Å². The Hall–Kier alpha value is -4.15. The number of carbonyl (C=O) groups excluding carboxylic acids is 2. The summed E-state index contributed by atoms with van der Waals surface area (Å²) in [5.41, 5.74) is 1.94. The Morgan fingerprint density at radius 2 is 1.82 bits per heavy atom. The monoisotopic (exact) mass is 537 g/mol. The molecule has 1 amide bonds. The molecule has 2 aliphatic rings. The molecule has 0 saturated carbocycles. The molecule has 0 radical (unpaired) electrons. The number of carbonyl (C=O) groups is 2. The first-order valence-electron chi connectivity index (χ1n) is 12.5. The Bertz CT molecular complexity index is 1330. The quantitative estimate of drug-likeness (QED) is 0.398. The summed E-state index contributed by atoms with van der Waals surface area (Å²) in [6.45, 7) is 1.80. The van der Waals surface area contributed by atoms with E-state index in [1.807, 2.05) is 30.3 Å². The summed E-state index contributed by atoms with van der Waals surface area (Å²) in [5, 5.41) is 0. The predicted molar refractivity (Wildman–Crippen MR) is 136 cm³/mol. The van der Waals surface area contributed by atoms with Crippen LogP contribution in [0.5, 0.6) is 17.2 Å². The van der Waals surface area contributed by atoms with E-state index in [0.717, 1.165) is 5.56 Å². The molecule has 0 aromatic heterocycles. The van der Waals surface area contributed by atoms with Gasteiger partial charge in [0.15, 0.2) is 18.1 Å². The lowest BCUT2D eigenvalue weighted by molar-refractivity contribution is -0.137. The number of ether oxygens (including phenoxy) is 6. The molecule has 5 rings (SSSR count). The van der Waals surface area contributed by atoms with Gasteiger partial charge in [0.2, 0.25) is 6.29 Å². The number of hydrogen-bond donors (Lipinski definition) is 0. The molecule has 9 nitrogen and oxygen atoms in total. The lowest BCUT2D eigenvalue weighted by atomic mass is 10.1. The molecule has 2 aliphatic heterocycles. The van der Waals surface area contributed by atoms with Gasteiger partial charge in [-0.15, -0.1) is 0 Å². The highest BCUT2D eigenvalue weighted by atomic mass is 19.1. The van der Waals surface area contributed by atoms with Gasteiger partial charge in [-0.1, -0.05) is 30.3 Å². The van der Waals surface area contributed by atoms with E-state index in [1.54, 1.807) is 4.90 Å². The summed E-state index contributed by atoms with van der Waals surface area (Å²) in [7, 11) is 1.43. The largest absolute Gasteiger partial charge is 0.493 e. The second kappa shape index (κ2) is 12.1. The highest BCUT2D eigenvalue weighted by Gasteiger charge is 2.26. The van der Waals surface area contributed by atoms with E-state index in [1.165, 1.54) is 37.4 Å².